The molecule has 1 unspecified atom stereocenters. The number of nitrogens with one attached hydrogen (secondary N) is 1. The fourth-order valence-corrected chi connectivity index (χ4v) is 6.58. The molecule has 2 heterocycles. The van der Waals surface area contributed by atoms with Gasteiger partial charge in [-0.15, -0.1) is 0 Å². The number of nitrogens with zero attached hydrogens (tertiary/aromatic N) is 3. The molecule has 1 aliphatic carbocycles. The second-order valence-corrected chi connectivity index (χ2v) is 13.9. The van der Waals surface area contributed by atoms with Crippen LogP contribution in [0.5, 0.6) is 0 Å². The number of nitrogen functional groups attached to an aromatic ring is 1. The molecule has 46 heavy (non-hydrogen) atoms. The quantitative estimate of drug-likeness (QED) is 0.231. The lowest BCUT2D eigenvalue weighted by Crippen LogP contribution is -2.55. The number of hydrogen-bond acceptors (Lipinski definition) is 8. The summed E-state index contributed by atoms with van der Waals surface area (Å²) in [5, 5.41) is 4.82. The van der Waals surface area contributed by atoms with Crippen molar-refractivity contribution >= 4 is 41.1 Å². The van der Waals surface area contributed by atoms with Gasteiger partial charge >= 0.3 is 12.1 Å². The number of carbonyl (C=O) groups is 2. The number of anilines is 1. The third-order valence-corrected chi connectivity index (χ3v) is 9.19. The zero-order valence-electron chi connectivity index (χ0n) is 26.7. The van der Waals surface area contributed by atoms with Crippen molar-refractivity contribution < 1.29 is 19.1 Å². The van der Waals surface area contributed by atoms with Crippen molar-refractivity contribution in [2.75, 3.05) is 12.3 Å². The van der Waals surface area contributed by atoms with Gasteiger partial charge in [0, 0.05) is 34.7 Å². The predicted molar refractivity (Wildman–Crippen MR) is 181 cm³/mol. The van der Waals surface area contributed by atoms with Gasteiger partial charge in [-0.25, -0.2) is 19.6 Å². The number of hydrogen-bond donors (Lipinski definition) is 2. The van der Waals surface area contributed by atoms with Gasteiger partial charge in [0.2, 0.25) is 0 Å². The van der Waals surface area contributed by atoms with Crippen molar-refractivity contribution in [1.29, 1.82) is 0 Å². The topological polar surface area (TPSA) is 120 Å². The Morgan fingerprint density at radius 2 is 1.72 bits per heavy atom. The Labute approximate surface area is 281 Å². The van der Waals surface area contributed by atoms with Crippen LogP contribution in [0.3, 0.4) is 0 Å². The molecule has 11 heteroatoms. The maximum Gasteiger partial charge on any atom is 0.411 e. The molecule has 9 nitrogen and oxygen atoms in total. The molecule has 1 aliphatic heterocycles. The molecule has 2 aromatic carbocycles. The Hall–Kier alpha value is -3.40. The number of piperidine rings is 1. The van der Waals surface area contributed by atoms with E-state index in [1.807, 2.05) is 63.2 Å². The second-order valence-electron chi connectivity index (χ2n) is 13.1. The third kappa shape index (κ3) is 8.90. The molecule has 3 aromatic rings. The van der Waals surface area contributed by atoms with Gasteiger partial charge in [-0.3, -0.25) is 4.90 Å². The molecule has 0 bridgehead atoms. The molecule has 246 valence electrons. The molecule has 0 radical (unpaired) electrons. The third-order valence-electron chi connectivity index (χ3n) is 8.48. The summed E-state index contributed by atoms with van der Waals surface area (Å²) in [6.45, 7) is 6.51. The number of likely N-dealkylation sites (tertiary alicyclic amines) is 1. The summed E-state index contributed by atoms with van der Waals surface area (Å²) in [4.78, 5) is 37.0. The zero-order chi connectivity index (χ0) is 32.8. The van der Waals surface area contributed by atoms with Crippen LogP contribution in [-0.2, 0) is 33.7 Å². The van der Waals surface area contributed by atoms with Crippen LogP contribution in [0.25, 0.3) is 11.3 Å². The number of carbonyl (C=O) groups excluding carboxylic acids is 2. The summed E-state index contributed by atoms with van der Waals surface area (Å²) in [6.07, 6.45) is 7.34. The monoisotopic (exact) mass is 667 g/mol. The van der Waals surface area contributed by atoms with E-state index in [4.69, 9.17) is 43.4 Å². The average molecular weight is 669 g/mol. The summed E-state index contributed by atoms with van der Waals surface area (Å²) in [5.41, 5.74) is 9.80. The van der Waals surface area contributed by atoms with Gasteiger partial charge in [0.15, 0.2) is 0 Å². The molecule has 1 saturated heterocycles. The first-order valence-corrected chi connectivity index (χ1v) is 16.8. The number of halogens is 2. The Balaban J connectivity index is 1.20. The van der Waals surface area contributed by atoms with E-state index in [1.165, 1.54) is 0 Å². The maximum atomic E-state index is 13.3. The largest absolute Gasteiger partial charge is 0.461 e. The Morgan fingerprint density at radius 1 is 1.02 bits per heavy atom. The number of esters is 1. The van der Waals surface area contributed by atoms with Gasteiger partial charge in [0.25, 0.3) is 0 Å². The molecule has 1 amide bonds. The normalized spacial score (nSPS) is 18.8. The SMILES string of the molecule is CC(C)(C)OC(=O)N1CCC(NCc2ccc(-c3cnc(N)c(CCc4c(Cl)cccc4Cl)n3)cc2)C[C@@H]1C(=O)OC1CCCC1. The van der Waals surface area contributed by atoms with Gasteiger partial charge in [-0.2, -0.15) is 0 Å². The molecular weight excluding hydrogens is 625 g/mol. The first kappa shape index (κ1) is 33.9. The summed E-state index contributed by atoms with van der Waals surface area (Å²) in [7, 11) is 0. The number of amides is 1. The van der Waals surface area contributed by atoms with E-state index < -0.39 is 17.7 Å². The van der Waals surface area contributed by atoms with Crippen LogP contribution in [0, 0.1) is 0 Å². The van der Waals surface area contributed by atoms with Crippen molar-refractivity contribution in [1.82, 2.24) is 20.2 Å². The number of rotatable bonds is 9. The summed E-state index contributed by atoms with van der Waals surface area (Å²) in [6, 6.07) is 12.9. The van der Waals surface area contributed by atoms with E-state index in [2.05, 4.69) is 10.3 Å². The van der Waals surface area contributed by atoms with Gasteiger partial charge < -0.3 is 20.5 Å². The van der Waals surface area contributed by atoms with Crippen molar-refractivity contribution in [2.45, 2.75) is 102 Å². The lowest BCUT2D eigenvalue weighted by molar-refractivity contribution is -0.156. The highest BCUT2D eigenvalue weighted by molar-refractivity contribution is 6.36. The standard InChI is InChI=1S/C35H43Cl2N5O4/c1-35(2,3)46-34(44)42-18-17-24(19-31(42)33(43)45-25-7-4-5-8-25)39-20-22-11-13-23(14-12-22)30-21-40-32(38)29(41-30)16-15-26-27(36)9-6-10-28(26)37/h6,9-14,21,24-25,31,39H,4-5,7-8,15-20H2,1-3H3,(H2,38,40)/t24?,31-/m1/s1. The lowest BCUT2D eigenvalue weighted by atomic mass is 9.97. The molecule has 2 aliphatic rings. The van der Waals surface area contributed by atoms with Gasteiger partial charge in [-0.05, 0) is 95.4 Å². The number of ether oxygens (including phenoxy) is 2. The number of benzene rings is 2. The first-order valence-electron chi connectivity index (χ1n) is 16.0. The molecular formula is C35H43Cl2N5O4. The van der Waals surface area contributed by atoms with Gasteiger partial charge in [0.05, 0.1) is 17.6 Å². The van der Waals surface area contributed by atoms with Crippen LogP contribution >= 0.6 is 23.2 Å². The van der Waals surface area contributed by atoms with Crippen LogP contribution in [0.2, 0.25) is 10.0 Å². The van der Waals surface area contributed by atoms with Crippen molar-refractivity contribution in [2.24, 2.45) is 0 Å². The number of aromatic nitrogens is 2. The molecule has 1 saturated carbocycles. The van der Waals surface area contributed by atoms with E-state index in [0.717, 1.165) is 48.1 Å². The summed E-state index contributed by atoms with van der Waals surface area (Å²) in [5.74, 6) is 0.0449. The fourth-order valence-electron chi connectivity index (χ4n) is 5.99. The Kier molecular flexibility index (Phi) is 11.1. The van der Waals surface area contributed by atoms with Crippen LogP contribution in [0.15, 0.2) is 48.7 Å². The second kappa shape index (κ2) is 15.0. The highest BCUT2D eigenvalue weighted by atomic mass is 35.5. The minimum atomic E-state index is -0.684. The highest BCUT2D eigenvalue weighted by Crippen LogP contribution is 2.28. The predicted octanol–water partition coefficient (Wildman–Crippen LogP) is 7.16. The van der Waals surface area contributed by atoms with Gasteiger partial charge in [0.1, 0.15) is 23.6 Å². The molecule has 5 rings (SSSR count). The number of aryl methyl sites for hydroxylation is 1. The zero-order valence-corrected chi connectivity index (χ0v) is 28.2. The summed E-state index contributed by atoms with van der Waals surface area (Å²) < 4.78 is 11.5. The van der Waals surface area contributed by atoms with Crippen LogP contribution in [-0.4, -0.2) is 57.3 Å². The molecule has 3 N–H and O–H groups in total. The summed E-state index contributed by atoms with van der Waals surface area (Å²) >= 11 is 12.7. The van der Waals surface area contributed by atoms with Crippen LogP contribution < -0.4 is 11.1 Å². The van der Waals surface area contributed by atoms with Crippen LogP contribution in [0.4, 0.5) is 10.6 Å². The van der Waals surface area contributed by atoms with Crippen LogP contribution in [0.1, 0.15) is 76.1 Å². The maximum absolute atomic E-state index is 13.3. The lowest BCUT2D eigenvalue weighted by Gasteiger charge is -2.39. The molecule has 0 spiro atoms. The van der Waals surface area contributed by atoms with Crippen molar-refractivity contribution in [3.8, 4) is 11.3 Å². The molecule has 1 aromatic heterocycles. The van der Waals surface area contributed by atoms with E-state index in [-0.39, 0.29) is 18.1 Å². The Morgan fingerprint density at radius 3 is 2.39 bits per heavy atom. The smallest absolute Gasteiger partial charge is 0.411 e. The van der Waals surface area contributed by atoms with Gasteiger partial charge in [-0.1, -0.05) is 53.5 Å². The minimum absolute atomic E-state index is 0.0386. The van der Waals surface area contributed by atoms with E-state index in [1.54, 1.807) is 11.1 Å². The van der Waals surface area contributed by atoms with Crippen molar-refractivity contribution in [3.05, 3.63) is 75.5 Å². The number of nitrogens with two attached hydrogens (primary N) is 1. The molecule has 2 fully saturated rings. The van der Waals surface area contributed by atoms with E-state index in [9.17, 15) is 9.59 Å². The highest BCUT2D eigenvalue weighted by Gasteiger charge is 2.40. The Bertz CT molecular complexity index is 1500. The minimum Gasteiger partial charge on any atom is -0.461 e. The average Bonchev–Trinajstić information content (AvgIpc) is 3.53. The molecule has 2 atom stereocenters. The van der Waals surface area contributed by atoms with E-state index >= 15 is 0 Å². The van der Waals surface area contributed by atoms with E-state index in [0.29, 0.717) is 60.3 Å². The van der Waals surface area contributed by atoms with Crippen molar-refractivity contribution in [3.63, 3.8) is 0 Å². The fraction of sp³-hybridized carbons (Fsp3) is 0.486. The first-order chi connectivity index (χ1) is 22.0.